The summed E-state index contributed by atoms with van der Waals surface area (Å²) < 4.78 is 19.1. The van der Waals surface area contributed by atoms with E-state index in [9.17, 15) is 14.4 Å². The fourth-order valence-electron chi connectivity index (χ4n) is 1.77. The van der Waals surface area contributed by atoms with Gasteiger partial charge in [0.1, 0.15) is 6.61 Å². The van der Waals surface area contributed by atoms with Gasteiger partial charge in [0.25, 0.3) is 0 Å². The van der Waals surface area contributed by atoms with Gasteiger partial charge in [-0.25, -0.2) is 4.79 Å². The van der Waals surface area contributed by atoms with Crippen LogP contribution in [-0.2, 0) is 28.5 Å². The molecule has 0 saturated carbocycles. The van der Waals surface area contributed by atoms with E-state index in [1.807, 2.05) is 0 Å². The molecule has 7 heteroatoms. The van der Waals surface area contributed by atoms with E-state index < -0.39 is 23.5 Å². The third-order valence-corrected chi connectivity index (χ3v) is 3.00. The molecule has 0 spiro atoms. The van der Waals surface area contributed by atoms with Gasteiger partial charge in [0.05, 0.1) is 20.3 Å². The maximum absolute atomic E-state index is 12.4. The Morgan fingerprint density at radius 2 is 1.58 bits per heavy atom. The molecule has 0 aliphatic heterocycles. The number of esters is 2. The summed E-state index contributed by atoms with van der Waals surface area (Å²) in [6.45, 7) is 5.14. The lowest BCUT2D eigenvalue weighted by Gasteiger charge is -2.26. The van der Waals surface area contributed by atoms with Gasteiger partial charge in [-0.05, 0) is 27.2 Å². The van der Waals surface area contributed by atoms with Gasteiger partial charge in [-0.2, -0.15) is 0 Å². The maximum Gasteiger partial charge on any atom is 0.508 e. The minimum atomic E-state index is -1.54. The van der Waals surface area contributed by atoms with Gasteiger partial charge < -0.3 is 18.9 Å². The van der Waals surface area contributed by atoms with E-state index in [0.717, 1.165) is 0 Å². The van der Waals surface area contributed by atoms with E-state index in [1.54, 1.807) is 26.8 Å². The van der Waals surface area contributed by atoms with Crippen LogP contribution in [0.2, 0.25) is 0 Å². The van der Waals surface area contributed by atoms with Crippen LogP contribution in [0.25, 0.3) is 0 Å². The number of hydrogen-bond acceptors (Lipinski definition) is 7. The fourth-order valence-corrected chi connectivity index (χ4v) is 1.77. The first-order chi connectivity index (χ1) is 11.5. The van der Waals surface area contributed by atoms with E-state index in [-0.39, 0.29) is 32.7 Å². The Morgan fingerprint density at radius 1 is 1.00 bits per heavy atom. The molecule has 0 radical (unpaired) electrons. The number of rotatable bonds is 9. The molecular formula is C17H24O7. The first kappa shape index (κ1) is 21.5. The predicted octanol–water partition coefficient (Wildman–Crippen LogP) is 2.24. The second-order valence-corrected chi connectivity index (χ2v) is 4.57. The van der Waals surface area contributed by atoms with Crippen LogP contribution in [0, 0.1) is 17.3 Å². The van der Waals surface area contributed by atoms with Crippen LogP contribution in [0.5, 0.6) is 0 Å². The molecule has 0 bridgehead atoms. The molecule has 0 unspecified atom stereocenters. The van der Waals surface area contributed by atoms with Gasteiger partial charge in [-0.1, -0.05) is 12.2 Å². The lowest BCUT2D eigenvalue weighted by molar-refractivity contribution is -0.171. The predicted molar refractivity (Wildman–Crippen MR) is 85.9 cm³/mol. The zero-order valence-electron chi connectivity index (χ0n) is 14.5. The summed E-state index contributed by atoms with van der Waals surface area (Å²) in [7, 11) is 1.20. The first-order valence-electron chi connectivity index (χ1n) is 7.58. The maximum atomic E-state index is 12.4. The molecule has 0 aromatic carbocycles. The molecule has 7 nitrogen and oxygen atoms in total. The van der Waals surface area contributed by atoms with Gasteiger partial charge in [-0.3, -0.25) is 9.59 Å². The van der Waals surface area contributed by atoms with Crippen molar-refractivity contribution in [1.29, 1.82) is 0 Å². The lowest BCUT2D eigenvalue weighted by Crippen LogP contribution is -2.41. The Labute approximate surface area is 142 Å². The van der Waals surface area contributed by atoms with Crippen molar-refractivity contribution in [2.24, 2.45) is 5.41 Å². The summed E-state index contributed by atoms with van der Waals surface area (Å²) in [6.07, 6.45) is 2.23. The zero-order valence-corrected chi connectivity index (χ0v) is 14.5. The molecule has 0 heterocycles. The highest BCUT2D eigenvalue weighted by Gasteiger charge is 2.47. The normalized spacial score (nSPS) is 10.5. The van der Waals surface area contributed by atoms with Crippen LogP contribution in [0.3, 0.4) is 0 Å². The van der Waals surface area contributed by atoms with Gasteiger partial charge in [0.15, 0.2) is 5.41 Å². The number of allylic oxidation sites excluding steroid dienone is 1. The number of carbonyl (C=O) groups excluding carboxylic acids is 3. The van der Waals surface area contributed by atoms with Crippen LogP contribution < -0.4 is 0 Å². The van der Waals surface area contributed by atoms with E-state index in [4.69, 9.17) is 14.2 Å². The van der Waals surface area contributed by atoms with Crippen LogP contribution in [0.4, 0.5) is 4.79 Å². The van der Waals surface area contributed by atoms with Crippen LogP contribution >= 0.6 is 0 Å². The summed E-state index contributed by atoms with van der Waals surface area (Å²) in [5.74, 6) is 4.03. The van der Waals surface area contributed by atoms with E-state index in [0.29, 0.717) is 0 Å². The summed E-state index contributed by atoms with van der Waals surface area (Å²) in [6, 6.07) is 0. The number of methoxy groups -OCH3 is 1. The van der Waals surface area contributed by atoms with Crippen molar-refractivity contribution >= 4 is 18.1 Å². The topological polar surface area (TPSA) is 88.1 Å². The fraction of sp³-hybridized carbons (Fsp3) is 0.588. The Hall–Kier alpha value is -2.49. The standard InChI is InChI=1S/C17H24O7/c1-5-8-11-17(14(18)22-6-2,15(19)23-7-3)12-9-10-13-24-16(20)21-4/h9-10H,6-7,11-13H2,1-4H3/b10-9+. The Bertz CT molecular complexity index is 493. The molecule has 0 fully saturated rings. The van der Waals surface area contributed by atoms with Crippen LogP contribution in [-0.4, -0.2) is 45.0 Å². The molecule has 0 aliphatic rings. The van der Waals surface area contributed by atoms with E-state index in [2.05, 4.69) is 16.6 Å². The molecule has 0 N–H and O–H groups in total. The smallest absolute Gasteiger partial charge is 0.465 e. The van der Waals surface area contributed by atoms with Crippen molar-refractivity contribution in [2.45, 2.75) is 33.6 Å². The molecule has 0 aromatic heterocycles. The van der Waals surface area contributed by atoms with E-state index in [1.165, 1.54) is 13.2 Å². The summed E-state index contributed by atoms with van der Waals surface area (Å²) in [5, 5.41) is 0. The molecule has 0 atom stereocenters. The number of carbonyl (C=O) groups is 3. The summed E-state index contributed by atoms with van der Waals surface area (Å²) in [5.41, 5.74) is -1.54. The molecule has 0 aliphatic carbocycles. The van der Waals surface area contributed by atoms with Gasteiger partial charge in [0.2, 0.25) is 0 Å². The molecule has 24 heavy (non-hydrogen) atoms. The van der Waals surface area contributed by atoms with Gasteiger partial charge >= 0.3 is 18.1 Å². The van der Waals surface area contributed by atoms with Crippen molar-refractivity contribution in [3.8, 4) is 11.8 Å². The minimum absolute atomic E-state index is 0.0177. The average molecular weight is 340 g/mol. The van der Waals surface area contributed by atoms with Crippen molar-refractivity contribution in [3.05, 3.63) is 12.2 Å². The van der Waals surface area contributed by atoms with Crippen molar-refractivity contribution in [2.75, 3.05) is 26.9 Å². The SMILES string of the molecule is CC#CCC(C/C=C/COC(=O)OC)(C(=O)OCC)C(=O)OCC. The average Bonchev–Trinajstić information content (AvgIpc) is 2.57. The highest BCUT2D eigenvalue weighted by molar-refractivity contribution is 6.00. The highest BCUT2D eigenvalue weighted by atomic mass is 16.7. The Morgan fingerprint density at radius 3 is 2.04 bits per heavy atom. The van der Waals surface area contributed by atoms with Crippen molar-refractivity contribution < 1.29 is 33.3 Å². The Kier molecular flexibility index (Phi) is 10.8. The first-order valence-corrected chi connectivity index (χ1v) is 7.58. The summed E-state index contributed by atoms with van der Waals surface area (Å²) >= 11 is 0. The van der Waals surface area contributed by atoms with Crippen molar-refractivity contribution in [3.63, 3.8) is 0 Å². The molecule has 0 aromatic rings. The second-order valence-electron chi connectivity index (χ2n) is 4.57. The van der Waals surface area contributed by atoms with Crippen LogP contribution in [0.15, 0.2) is 12.2 Å². The molecule has 0 rings (SSSR count). The molecule has 0 saturated heterocycles. The second kappa shape index (κ2) is 12.0. The van der Waals surface area contributed by atoms with E-state index >= 15 is 0 Å². The molecular weight excluding hydrogens is 316 g/mol. The zero-order chi connectivity index (χ0) is 18.4. The number of hydrogen-bond donors (Lipinski definition) is 0. The van der Waals surface area contributed by atoms with Crippen molar-refractivity contribution in [1.82, 2.24) is 0 Å². The quantitative estimate of drug-likeness (QED) is 0.209. The summed E-state index contributed by atoms with van der Waals surface area (Å²) in [4.78, 5) is 35.6. The molecule has 134 valence electrons. The third kappa shape index (κ3) is 6.73. The lowest BCUT2D eigenvalue weighted by atomic mass is 9.81. The Balaban J connectivity index is 5.27. The number of ether oxygens (including phenoxy) is 4. The largest absolute Gasteiger partial charge is 0.508 e. The molecule has 0 amide bonds. The van der Waals surface area contributed by atoms with Crippen LogP contribution in [0.1, 0.15) is 33.6 Å². The van der Waals surface area contributed by atoms with Gasteiger partial charge in [0, 0.05) is 6.42 Å². The van der Waals surface area contributed by atoms with Gasteiger partial charge in [-0.15, -0.1) is 11.8 Å². The highest BCUT2D eigenvalue weighted by Crippen LogP contribution is 2.31. The third-order valence-electron chi connectivity index (χ3n) is 3.00. The monoisotopic (exact) mass is 340 g/mol. The minimum Gasteiger partial charge on any atom is -0.465 e.